The van der Waals surface area contributed by atoms with Crippen LogP contribution in [0.25, 0.3) is 0 Å². The van der Waals surface area contributed by atoms with E-state index in [1.54, 1.807) is 4.68 Å². The van der Waals surface area contributed by atoms with Crippen LogP contribution in [-0.4, -0.2) is 20.2 Å². The Morgan fingerprint density at radius 1 is 1.30 bits per heavy atom. The molecule has 1 aromatic heterocycles. The van der Waals surface area contributed by atoms with Gasteiger partial charge >= 0.3 is 0 Å². The Bertz CT molecular complexity index is 563. The Kier molecular flexibility index (Phi) is 4.55. The van der Waals surface area contributed by atoms with Crippen LogP contribution in [0.1, 0.15) is 32.2 Å². The fraction of sp³-hybridized carbons (Fsp3) is 0.500. The first-order valence-corrected chi connectivity index (χ1v) is 7.45. The molecule has 0 aliphatic heterocycles. The number of aromatic nitrogens is 4. The molecule has 6 heteroatoms. The van der Waals surface area contributed by atoms with Crippen LogP contribution in [0.5, 0.6) is 0 Å². The second-order valence-corrected chi connectivity index (χ2v) is 6.35. The van der Waals surface area contributed by atoms with Crippen molar-refractivity contribution in [1.82, 2.24) is 25.5 Å². The molecule has 2 rings (SSSR count). The van der Waals surface area contributed by atoms with Crippen LogP contribution in [0.15, 0.2) is 28.7 Å². The lowest BCUT2D eigenvalue weighted by atomic mass is 9.81. The highest BCUT2D eigenvalue weighted by atomic mass is 79.9. The minimum Gasteiger partial charge on any atom is -0.300 e. The summed E-state index contributed by atoms with van der Waals surface area (Å²) in [6.45, 7) is 7.27. The lowest BCUT2D eigenvalue weighted by Gasteiger charge is -2.35. The van der Waals surface area contributed by atoms with E-state index in [1.165, 1.54) is 5.56 Å². The summed E-state index contributed by atoms with van der Waals surface area (Å²) < 4.78 is 2.78. The van der Waals surface area contributed by atoms with Crippen LogP contribution in [0.3, 0.4) is 0 Å². The molecule has 0 bridgehead atoms. The second kappa shape index (κ2) is 6.01. The van der Waals surface area contributed by atoms with E-state index in [1.807, 2.05) is 7.05 Å². The molecule has 2 aromatic rings. The largest absolute Gasteiger partial charge is 0.300 e. The molecule has 1 unspecified atom stereocenters. The molecule has 0 radical (unpaired) electrons. The fourth-order valence-electron chi connectivity index (χ4n) is 2.10. The first-order valence-electron chi connectivity index (χ1n) is 6.66. The molecule has 108 valence electrons. The molecule has 1 N–H and O–H groups in total. The van der Waals surface area contributed by atoms with Gasteiger partial charge in [0.1, 0.15) is 0 Å². The quantitative estimate of drug-likeness (QED) is 0.911. The molecule has 1 atom stereocenters. The van der Waals surface area contributed by atoms with Crippen molar-refractivity contribution in [2.24, 2.45) is 13.0 Å². The molecule has 0 saturated heterocycles. The first-order chi connectivity index (χ1) is 9.43. The predicted octanol–water partition coefficient (Wildman–Crippen LogP) is 2.63. The Hall–Kier alpha value is -1.27. The second-order valence-electron chi connectivity index (χ2n) is 5.44. The molecule has 0 aliphatic carbocycles. The van der Waals surface area contributed by atoms with Crippen molar-refractivity contribution in [3.8, 4) is 0 Å². The number of tetrazole rings is 1. The third-order valence-electron chi connectivity index (χ3n) is 3.92. The van der Waals surface area contributed by atoms with Gasteiger partial charge in [0.2, 0.25) is 0 Å². The maximum absolute atomic E-state index is 4.02. The molecular formula is C14H20BrN5. The Morgan fingerprint density at radius 3 is 2.45 bits per heavy atom. The van der Waals surface area contributed by atoms with E-state index in [4.69, 9.17) is 0 Å². The summed E-state index contributed by atoms with van der Waals surface area (Å²) in [4.78, 5) is 0. The third-order valence-corrected chi connectivity index (χ3v) is 4.45. The number of hydrogen-bond acceptors (Lipinski definition) is 4. The molecule has 20 heavy (non-hydrogen) atoms. The van der Waals surface area contributed by atoms with E-state index in [9.17, 15) is 0 Å². The molecule has 1 heterocycles. The predicted molar refractivity (Wildman–Crippen MR) is 82.0 cm³/mol. The van der Waals surface area contributed by atoms with Crippen molar-refractivity contribution in [3.63, 3.8) is 0 Å². The monoisotopic (exact) mass is 337 g/mol. The van der Waals surface area contributed by atoms with Crippen molar-refractivity contribution in [3.05, 3.63) is 40.1 Å². The van der Waals surface area contributed by atoms with Gasteiger partial charge in [-0.2, -0.15) is 0 Å². The van der Waals surface area contributed by atoms with E-state index in [0.29, 0.717) is 12.5 Å². The third kappa shape index (κ3) is 3.07. The summed E-state index contributed by atoms with van der Waals surface area (Å²) in [5.74, 6) is 1.26. The number of benzene rings is 1. The smallest absolute Gasteiger partial charge is 0.164 e. The van der Waals surface area contributed by atoms with Crippen LogP contribution in [0, 0.1) is 5.92 Å². The fourth-order valence-corrected chi connectivity index (χ4v) is 2.36. The maximum atomic E-state index is 4.02. The van der Waals surface area contributed by atoms with Gasteiger partial charge in [-0.05, 0) is 41.0 Å². The molecule has 0 fully saturated rings. The van der Waals surface area contributed by atoms with Crippen LogP contribution in [-0.2, 0) is 19.1 Å². The van der Waals surface area contributed by atoms with Crippen LogP contribution in [0.2, 0.25) is 0 Å². The Balaban J connectivity index is 2.21. The average molecular weight is 338 g/mol. The van der Waals surface area contributed by atoms with E-state index < -0.39 is 0 Å². The van der Waals surface area contributed by atoms with Gasteiger partial charge < -0.3 is 5.32 Å². The zero-order valence-electron chi connectivity index (χ0n) is 12.3. The highest BCUT2D eigenvalue weighted by Gasteiger charge is 2.30. The van der Waals surface area contributed by atoms with Gasteiger partial charge in [0.05, 0.1) is 6.54 Å². The van der Waals surface area contributed by atoms with E-state index >= 15 is 0 Å². The van der Waals surface area contributed by atoms with Gasteiger partial charge in [0, 0.05) is 17.1 Å². The van der Waals surface area contributed by atoms with Crippen LogP contribution < -0.4 is 5.32 Å². The number of hydrogen-bond donors (Lipinski definition) is 1. The Labute approximate surface area is 127 Å². The summed E-state index contributed by atoms with van der Waals surface area (Å²) in [6, 6.07) is 8.43. The first kappa shape index (κ1) is 15.1. The van der Waals surface area contributed by atoms with Gasteiger partial charge in [0.15, 0.2) is 5.82 Å². The van der Waals surface area contributed by atoms with E-state index in [2.05, 4.69) is 81.8 Å². The number of aryl methyl sites for hydroxylation is 1. The molecule has 0 saturated carbocycles. The van der Waals surface area contributed by atoms with Gasteiger partial charge in [0.25, 0.3) is 0 Å². The summed E-state index contributed by atoms with van der Waals surface area (Å²) >= 11 is 3.48. The summed E-state index contributed by atoms with van der Waals surface area (Å²) in [5.41, 5.74) is 1.12. The van der Waals surface area contributed by atoms with Gasteiger partial charge in [-0.3, -0.25) is 0 Å². The van der Waals surface area contributed by atoms with Crippen molar-refractivity contribution in [1.29, 1.82) is 0 Å². The van der Waals surface area contributed by atoms with Crippen molar-refractivity contribution in [2.75, 3.05) is 0 Å². The minimum absolute atomic E-state index is 0.132. The number of rotatable bonds is 5. The standard InChI is InChI=1S/C14H20BrN5/c1-10(2)14(3,11-5-7-12(15)8-6-11)16-9-13-17-18-19-20(13)4/h5-8,10,16H,9H2,1-4H3. The lowest BCUT2D eigenvalue weighted by Crippen LogP contribution is -2.44. The maximum Gasteiger partial charge on any atom is 0.164 e. The zero-order chi connectivity index (χ0) is 14.8. The number of halogens is 1. The average Bonchev–Trinajstić information content (AvgIpc) is 2.82. The highest BCUT2D eigenvalue weighted by Crippen LogP contribution is 2.30. The van der Waals surface area contributed by atoms with Gasteiger partial charge in [-0.1, -0.05) is 41.9 Å². The summed E-state index contributed by atoms with van der Waals surface area (Å²) in [5, 5.41) is 15.1. The van der Waals surface area contributed by atoms with Crippen molar-refractivity contribution in [2.45, 2.75) is 32.9 Å². The van der Waals surface area contributed by atoms with E-state index in [0.717, 1.165) is 10.3 Å². The SMILES string of the molecule is CC(C)C(C)(NCc1nnnn1C)c1ccc(Br)cc1. The normalized spacial score (nSPS) is 14.5. The molecular weight excluding hydrogens is 318 g/mol. The molecule has 1 aromatic carbocycles. The van der Waals surface area contributed by atoms with E-state index in [-0.39, 0.29) is 5.54 Å². The minimum atomic E-state index is -0.132. The van der Waals surface area contributed by atoms with Crippen molar-refractivity contribution < 1.29 is 0 Å². The van der Waals surface area contributed by atoms with Crippen LogP contribution in [0.4, 0.5) is 0 Å². The topological polar surface area (TPSA) is 55.6 Å². The molecule has 0 spiro atoms. The molecule has 0 aliphatic rings. The molecule has 0 amide bonds. The van der Waals surface area contributed by atoms with Gasteiger partial charge in [-0.25, -0.2) is 4.68 Å². The number of nitrogens with one attached hydrogen (secondary N) is 1. The highest BCUT2D eigenvalue weighted by molar-refractivity contribution is 9.10. The van der Waals surface area contributed by atoms with Crippen molar-refractivity contribution >= 4 is 15.9 Å². The van der Waals surface area contributed by atoms with Gasteiger partial charge in [-0.15, -0.1) is 5.10 Å². The summed E-state index contributed by atoms with van der Waals surface area (Å²) in [7, 11) is 1.85. The van der Waals surface area contributed by atoms with Crippen LogP contribution >= 0.6 is 15.9 Å². The number of nitrogens with zero attached hydrogens (tertiary/aromatic N) is 4. The molecule has 5 nitrogen and oxygen atoms in total. The lowest BCUT2D eigenvalue weighted by molar-refractivity contribution is 0.259. The Morgan fingerprint density at radius 2 is 1.95 bits per heavy atom. The zero-order valence-corrected chi connectivity index (χ0v) is 13.8. The summed E-state index contributed by atoms with van der Waals surface area (Å²) in [6.07, 6.45) is 0.